The number of rotatable bonds is 9. The lowest BCUT2D eigenvalue weighted by molar-refractivity contribution is -0.122. The quantitative estimate of drug-likeness (QED) is 0.186. The molecule has 14 heteroatoms. The van der Waals surface area contributed by atoms with E-state index in [9.17, 15) is 9.59 Å². The van der Waals surface area contributed by atoms with Crippen LogP contribution >= 0.6 is 22.7 Å². The number of aryl methyl sites for hydroxylation is 1. The van der Waals surface area contributed by atoms with Crippen LogP contribution in [0.2, 0.25) is 0 Å². The van der Waals surface area contributed by atoms with E-state index in [-0.39, 0.29) is 19.1 Å². The van der Waals surface area contributed by atoms with Crippen LogP contribution < -0.4 is 20.1 Å². The van der Waals surface area contributed by atoms with Crippen molar-refractivity contribution in [3.63, 3.8) is 0 Å². The predicted octanol–water partition coefficient (Wildman–Crippen LogP) is 6.36. The zero-order chi connectivity index (χ0) is 31.8. The average Bonchev–Trinajstić information content (AvgIpc) is 3.77. The Labute approximate surface area is 268 Å². The molecule has 12 nitrogen and oxygen atoms in total. The number of amides is 2. The number of thiazole rings is 1. The highest BCUT2D eigenvalue weighted by molar-refractivity contribution is 7.16. The van der Waals surface area contributed by atoms with E-state index in [4.69, 9.17) is 23.6 Å². The molecule has 0 atom stereocenters. The Morgan fingerprint density at radius 1 is 1.13 bits per heavy atom. The van der Waals surface area contributed by atoms with E-state index in [1.54, 1.807) is 32.4 Å². The van der Waals surface area contributed by atoms with Gasteiger partial charge in [-0.2, -0.15) is 5.10 Å². The molecule has 0 bridgehead atoms. The number of ether oxygens (including phenoxy) is 3. The molecule has 0 saturated heterocycles. The summed E-state index contributed by atoms with van der Waals surface area (Å²) in [5.74, 6) is 1.52. The van der Waals surface area contributed by atoms with E-state index in [0.717, 1.165) is 58.2 Å². The van der Waals surface area contributed by atoms with Crippen LogP contribution in [0.25, 0.3) is 27.4 Å². The highest BCUT2D eigenvalue weighted by Gasteiger charge is 2.38. The first-order valence-corrected chi connectivity index (χ1v) is 16.5. The monoisotopic (exact) mass is 652 g/mol. The van der Waals surface area contributed by atoms with Gasteiger partial charge in [-0.1, -0.05) is 30.6 Å². The summed E-state index contributed by atoms with van der Waals surface area (Å²) in [5, 5.41) is 14.7. The second kappa shape index (κ2) is 12.3. The maximum Gasteiger partial charge on any atom is 0.408 e. The molecule has 6 rings (SSSR count). The molecule has 1 aromatic carbocycles. The van der Waals surface area contributed by atoms with E-state index in [0.29, 0.717) is 28.5 Å². The number of alkyl carbamates (subject to hydrolysis) is 1. The van der Waals surface area contributed by atoms with Crippen LogP contribution in [0, 0.1) is 6.92 Å². The minimum atomic E-state index is -0.644. The fraction of sp³-hybridized carbons (Fsp3) is 0.452. The van der Waals surface area contributed by atoms with Gasteiger partial charge in [0.2, 0.25) is 10.9 Å². The maximum atomic E-state index is 13.0. The molecule has 0 radical (unpaired) electrons. The lowest BCUT2D eigenvalue weighted by atomic mass is 9.82. The van der Waals surface area contributed by atoms with Gasteiger partial charge in [0.1, 0.15) is 51.5 Å². The van der Waals surface area contributed by atoms with E-state index in [1.807, 2.05) is 36.7 Å². The van der Waals surface area contributed by atoms with Crippen LogP contribution in [-0.4, -0.2) is 50.8 Å². The van der Waals surface area contributed by atoms with Crippen molar-refractivity contribution in [1.82, 2.24) is 30.2 Å². The lowest BCUT2D eigenvalue weighted by Crippen LogP contribution is -2.50. The van der Waals surface area contributed by atoms with Gasteiger partial charge < -0.3 is 29.3 Å². The third-order valence-electron chi connectivity index (χ3n) is 7.42. The first-order valence-electron chi connectivity index (χ1n) is 14.8. The Morgan fingerprint density at radius 2 is 1.93 bits per heavy atom. The maximum absolute atomic E-state index is 13.0. The summed E-state index contributed by atoms with van der Waals surface area (Å²) in [5.41, 5.74) is 0.802. The number of imidazole rings is 1. The van der Waals surface area contributed by atoms with Crippen LogP contribution in [0.15, 0.2) is 34.2 Å². The minimum Gasteiger partial charge on any atom is -0.496 e. The first-order chi connectivity index (χ1) is 21.5. The molecule has 5 aromatic rings. The molecule has 1 saturated carbocycles. The molecule has 1 aliphatic rings. The van der Waals surface area contributed by atoms with Crippen LogP contribution in [0.1, 0.15) is 68.6 Å². The molecule has 238 valence electrons. The molecule has 4 aromatic heterocycles. The van der Waals surface area contributed by atoms with Gasteiger partial charge in [0.25, 0.3) is 0 Å². The molecule has 0 aliphatic heterocycles. The number of nitrogens with zero attached hydrogens (tertiary/aromatic N) is 4. The topological polar surface area (TPSA) is 142 Å². The third kappa shape index (κ3) is 6.91. The number of aromatic nitrogens is 4. The Hall–Kier alpha value is -4.17. The Morgan fingerprint density at radius 3 is 2.67 bits per heavy atom. The molecular weight excluding hydrogens is 617 g/mol. The fourth-order valence-electron chi connectivity index (χ4n) is 5.43. The van der Waals surface area contributed by atoms with Gasteiger partial charge in [-0.25, -0.2) is 19.3 Å². The lowest BCUT2D eigenvalue weighted by Gasteiger charge is -2.36. The van der Waals surface area contributed by atoms with Gasteiger partial charge in [-0.3, -0.25) is 4.79 Å². The molecule has 1 aliphatic carbocycles. The Kier molecular flexibility index (Phi) is 8.44. The number of carbonyl (C=O) groups excluding carboxylic acids is 2. The fourth-order valence-corrected chi connectivity index (χ4v) is 7.18. The number of hydrogen-bond acceptors (Lipinski definition) is 11. The number of hydrogen-bond donors (Lipinski definition) is 2. The van der Waals surface area contributed by atoms with Crippen molar-refractivity contribution in [2.75, 3.05) is 13.7 Å². The van der Waals surface area contributed by atoms with E-state index in [2.05, 4.69) is 20.7 Å². The van der Waals surface area contributed by atoms with Crippen molar-refractivity contribution >= 4 is 50.6 Å². The Balaban J connectivity index is 1.17. The van der Waals surface area contributed by atoms with Crippen LogP contribution in [0.4, 0.5) is 4.79 Å². The van der Waals surface area contributed by atoms with Crippen LogP contribution in [0.5, 0.6) is 11.5 Å². The largest absolute Gasteiger partial charge is 0.496 e. The average molecular weight is 653 g/mol. The third-order valence-corrected chi connectivity index (χ3v) is 9.35. The first kappa shape index (κ1) is 30.8. The molecule has 2 N–H and O–H groups in total. The van der Waals surface area contributed by atoms with Gasteiger partial charge in [0.05, 0.1) is 29.9 Å². The minimum absolute atomic E-state index is 0.177. The number of methoxy groups -OCH3 is 1. The van der Waals surface area contributed by atoms with E-state index < -0.39 is 17.2 Å². The molecule has 0 spiro atoms. The normalized spacial score (nSPS) is 14.9. The number of nitrogens with one attached hydrogen (secondary N) is 2. The van der Waals surface area contributed by atoms with Crippen molar-refractivity contribution in [2.45, 2.75) is 77.5 Å². The summed E-state index contributed by atoms with van der Waals surface area (Å²) in [6, 6.07) is 5.56. The van der Waals surface area contributed by atoms with E-state index >= 15 is 0 Å². The summed E-state index contributed by atoms with van der Waals surface area (Å²) in [6.45, 7) is 7.31. The number of furan rings is 1. The van der Waals surface area contributed by atoms with Gasteiger partial charge in [0.15, 0.2) is 5.76 Å². The smallest absolute Gasteiger partial charge is 0.408 e. The SMILES string of the molecule is COc1cc(OCc2csc(C3(NC(=O)CNC(=O)OC(C)(C)C)CCCCC3)n2)c2cc(-c3cn4nc(C)sc4n3)oc2c1. The van der Waals surface area contributed by atoms with Crippen molar-refractivity contribution in [1.29, 1.82) is 0 Å². The van der Waals surface area contributed by atoms with Crippen molar-refractivity contribution in [2.24, 2.45) is 0 Å². The second-order valence-electron chi connectivity index (χ2n) is 12.1. The second-order valence-corrected chi connectivity index (χ2v) is 14.1. The summed E-state index contributed by atoms with van der Waals surface area (Å²) < 4.78 is 25.0. The number of benzene rings is 1. The molecular formula is C31H36N6O6S2. The highest BCUT2D eigenvalue weighted by Crippen LogP contribution is 2.40. The van der Waals surface area contributed by atoms with Crippen molar-refractivity contribution < 1.29 is 28.2 Å². The Bertz CT molecular complexity index is 1810. The molecule has 4 heterocycles. The van der Waals surface area contributed by atoms with Gasteiger partial charge in [-0.15, -0.1) is 11.3 Å². The van der Waals surface area contributed by atoms with Gasteiger partial charge in [0, 0.05) is 17.5 Å². The predicted molar refractivity (Wildman–Crippen MR) is 171 cm³/mol. The molecule has 1 fully saturated rings. The van der Waals surface area contributed by atoms with Gasteiger partial charge >= 0.3 is 6.09 Å². The molecule has 2 amide bonds. The van der Waals surface area contributed by atoms with Crippen LogP contribution in [-0.2, 0) is 21.7 Å². The number of fused-ring (bicyclic) bond motifs is 2. The summed E-state index contributed by atoms with van der Waals surface area (Å²) in [7, 11) is 1.60. The summed E-state index contributed by atoms with van der Waals surface area (Å²) >= 11 is 3.02. The number of carbonyl (C=O) groups is 2. The molecule has 45 heavy (non-hydrogen) atoms. The zero-order valence-corrected chi connectivity index (χ0v) is 27.5. The zero-order valence-electron chi connectivity index (χ0n) is 25.9. The van der Waals surface area contributed by atoms with E-state index in [1.165, 1.54) is 22.7 Å². The van der Waals surface area contributed by atoms with Crippen LogP contribution in [0.3, 0.4) is 0 Å². The van der Waals surface area contributed by atoms with Crippen molar-refractivity contribution in [3.05, 3.63) is 45.5 Å². The van der Waals surface area contributed by atoms with Gasteiger partial charge in [-0.05, 0) is 46.6 Å². The van der Waals surface area contributed by atoms with Crippen molar-refractivity contribution in [3.8, 4) is 23.0 Å². The summed E-state index contributed by atoms with van der Waals surface area (Å²) in [6.07, 6.45) is 5.81. The molecule has 0 unspecified atom stereocenters. The summed E-state index contributed by atoms with van der Waals surface area (Å²) in [4.78, 5) is 35.4. The standard InChI is InChI=1S/C31H36N6O6S2/c1-18-36-37-15-22(34-28(37)45-18)25-13-21-23(11-20(40-5)12-24(21)42-25)41-16-19-17-44-27(33-19)31(9-7-6-8-10-31)35-26(38)14-32-29(39)43-30(2,3)4/h11-13,15,17H,6-10,14,16H2,1-5H3,(H,32,39)(H,35,38). The highest BCUT2D eigenvalue weighted by atomic mass is 32.1.